The van der Waals surface area contributed by atoms with Gasteiger partial charge in [-0.25, -0.2) is 0 Å². The number of carboxylic acids is 1. The minimum atomic E-state index is -0.679. The molecule has 1 saturated heterocycles. The van der Waals surface area contributed by atoms with Gasteiger partial charge in [-0.2, -0.15) is 0 Å². The van der Waals surface area contributed by atoms with E-state index in [0.717, 1.165) is 38.5 Å². The summed E-state index contributed by atoms with van der Waals surface area (Å²) in [6, 6.07) is 8.47. The summed E-state index contributed by atoms with van der Waals surface area (Å²) in [7, 11) is 0. The van der Waals surface area contributed by atoms with E-state index in [1.54, 1.807) is 0 Å². The molecule has 1 aliphatic heterocycles. The second kappa shape index (κ2) is 6.23. The summed E-state index contributed by atoms with van der Waals surface area (Å²) in [6.07, 6.45) is 6.62. The third-order valence-electron chi connectivity index (χ3n) is 6.40. The van der Waals surface area contributed by atoms with Crippen molar-refractivity contribution in [3.05, 3.63) is 35.4 Å². The maximum Gasteiger partial charge on any atom is 0.306 e. The number of piperidine rings is 1. The van der Waals surface area contributed by atoms with Crippen molar-refractivity contribution in [1.29, 1.82) is 0 Å². The Morgan fingerprint density at radius 3 is 2.71 bits per heavy atom. The monoisotopic (exact) mass is 327 g/mol. The number of amides is 1. The second-order valence-corrected chi connectivity index (χ2v) is 7.57. The third kappa shape index (κ3) is 2.52. The molecule has 3 aliphatic rings. The van der Waals surface area contributed by atoms with E-state index >= 15 is 0 Å². The highest BCUT2D eigenvalue weighted by atomic mass is 16.4. The minimum absolute atomic E-state index is 0.0300. The molecule has 24 heavy (non-hydrogen) atoms. The van der Waals surface area contributed by atoms with Crippen LogP contribution in [0.15, 0.2) is 24.3 Å². The molecule has 0 aromatic heterocycles. The predicted molar refractivity (Wildman–Crippen MR) is 90.7 cm³/mol. The molecule has 2 aliphatic carbocycles. The fourth-order valence-electron chi connectivity index (χ4n) is 5.27. The summed E-state index contributed by atoms with van der Waals surface area (Å²) in [5.74, 6) is -0.582. The fourth-order valence-corrected chi connectivity index (χ4v) is 5.27. The van der Waals surface area contributed by atoms with Crippen molar-refractivity contribution in [2.75, 3.05) is 6.54 Å². The third-order valence-corrected chi connectivity index (χ3v) is 6.40. The van der Waals surface area contributed by atoms with Crippen molar-refractivity contribution < 1.29 is 14.7 Å². The van der Waals surface area contributed by atoms with Crippen molar-refractivity contribution in [3.8, 4) is 0 Å². The van der Waals surface area contributed by atoms with E-state index < -0.39 is 5.97 Å². The maximum absolute atomic E-state index is 13.3. The molecular weight excluding hydrogens is 302 g/mol. The van der Waals surface area contributed by atoms with Gasteiger partial charge in [0.2, 0.25) is 5.91 Å². The Bertz CT molecular complexity index is 656. The first-order valence-corrected chi connectivity index (χ1v) is 9.28. The maximum atomic E-state index is 13.3. The van der Waals surface area contributed by atoms with Gasteiger partial charge in [0.05, 0.1) is 11.8 Å². The lowest BCUT2D eigenvalue weighted by Crippen LogP contribution is -2.52. The molecule has 1 amide bonds. The number of carbonyl (C=O) groups is 2. The highest BCUT2D eigenvalue weighted by Gasteiger charge is 2.46. The smallest absolute Gasteiger partial charge is 0.306 e. The molecule has 4 atom stereocenters. The summed E-state index contributed by atoms with van der Waals surface area (Å²) in [6.45, 7) is 0.607. The van der Waals surface area contributed by atoms with Gasteiger partial charge < -0.3 is 10.0 Å². The normalized spacial score (nSPS) is 32.1. The zero-order valence-corrected chi connectivity index (χ0v) is 14.0. The molecule has 4 nitrogen and oxygen atoms in total. The summed E-state index contributed by atoms with van der Waals surface area (Å²) >= 11 is 0. The van der Waals surface area contributed by atoms with E-state index in [-0.39, 0.29) is 29.7 Å². The van der Waals surface area contributed by atoms with Gasteiger partial charge in [-0.05, 0) is 55.6 Å². The van der Waals surface area contributed by atoms with Crippen LogP contribution in [0.5, 0.6) is 0 Å². The van der Waals surface area contributed by atoms with Crippen LogP contribution in [-0.2, 0) is 16.0 Å². The molecule has 4 heteroatoms. The van der Waals surface area contributed by atoms with Gasteiger partial charge in [-0.3, -0.25) is 9.59 Å². The number of carboxylic acid groups (broad SMARTS) is 1. The van der Waals surface area contributed by atoms with Gasteiger partial charge in [0, 0.05) is 12.6 Å². The number of carbonyl (C=O) groups excluding carboxylic acids is 1. The fraction of sp³-hybridized carbons (Fsp3) is 0.600. The van der Waals surface area contributed by atoms with Gasteiger partial charge in [-0.1, -0.05) is 30.7 Å². The van der Waals surface area contributed by atoms with E-state index in [4.69, 9.17) is 0 Å². The topological polar surface area (TPSA) is 57.6 Å². The number of hydrogen-bond acceptors (Lipinski definition) is 2. The Morgan fingerprint density at radius 1 is 1.04 bits per heavy atom. The first-order valence-electron chi connectivity index (χ1n) is 9.28. The van der Waals surface area contributed by atoms with Crippen molar-refractivity contribution in [3.63, 3.8) is 0 Å². The second-order valence-electron chi connectivity index (χ2n) is 7.57. The number of benzene rings is 1. The number of rotatable bonds is 2. The lowest BCUT2D eigenvalue weighted by molar-refractivity contribution is -0.151. The largest absolute Gasteiger partial charge is 0.481 e. The van der Waals surface area contributed by atoms with Gasteiger partial charge >= 0.3 is 5.97 Å². The van der Waals surface area contributed by atoms with Crippen LogP contribution >= 0.6 is 0 Å². The predicted octanol–water partition coefficient (Wildman–Crippen LogP) is 3.21. The lowest BCUT2D eigenvalue weighted by Gasteiger charge is -2.43. The molecule has 4 unspecified atom stereocenters. The average Bonchev–Trinajstić information content (AvgIpc) is 3.09. The minimum Gasteiger partial charge on any atom is -0.481 e. The van der Waals surface area contributed by atoms with E-state index in [1.165, 1.54) is 11.1 Å². The molecule has 4 rings (SSSR count). The Kier molecular flexibility index (Phi) is 4.07. The van der Waals surface area contributed by atoms with E-state index in [2.05, 4.69) is 18.2 Å². The van der Waals surface area contributed by atoms with Crippen molar-refractivity contribution >= 4 is 11.9 Å². The number of hydrogen-bond donors (Lipinski definition) is 1. The zero-order valence-electron chi connectivity index (χ0n) is 14.0. The summed E-state index contributed by atoms with van der Waals surface area (Å²) in [5, 5.41) is 9.49. The zero-order chi connectivity index (χ0) is 16.7. The molecule has 1 saturated carbocycles. The Balaban J connectivity index is 1.59. The molecular formula is C20H25NO3. The summed E-state index contributed by atoms with van der Waals surface area (Å²) < 4.78 is 0. The highest BCUT2D eigenvalue weighted by Crippen LogP contribution is 2.43. The molecule has 0 bridgehead atoms. The quantitative estimate of drug-likeness (QED) is 0.907. The van der Waals surface area contributed by atoms with Crippen LogP contribution in [-0.4, -0.2) is 34.5 Å². The first-order chi connectivity index (χ1) is 11.7. The molecule has 1 aromatic carbocycles. The van der Waals surface area contributed by atoms with Gasteiger partial charge in [0.1, 0.15) is 0 Å². The van der Waals surface area contributed by atoms with E-state index in [9.17, 15) is 14.7 Å². The van der Waals surface area contributed by atoms with Crippen LogP contribution in [0.4, 0.5) is 0 Å². The Labute approximate surface area is 142 Å². The van der Waals surface area contributed by atoms with Gasteiger partial charge in [0.25, 0.3) is 0 Å². The van der Waals surface area contributed by atoms with Gasteiger partial charge in [-0.15, -0.1) is 0 Å². The van der Waals surface area contributed by atoms with Crippen molar-refractivity contribution in [2.24, 2.45) is 11.8 Å². The molecule has 0 spiro atoms. The van der Waals surface area contributed by atoms with Gasteiger partial charge in [0.15, 0.2) is 0 Å². The highest BCUT2D eigenvalue weighted by molar-refractivity contribution is 5.85. The van der Waals surface area contributed by atoms with Crippen LogP contribution in [0.2, 0.25) is 0 Å². The molecule has 0 radical (unpaired) electrons. The van der Waals surface area contributed by atoms with E-state index in [0.29, 0.717) is 13.0 Å². The standard InChI is InChI=1S/C20H25NO3/c22-19(16-9-3-6-13-5-1-2-7-14(13)16)21-12-11-17(20(23)24)15-8-4-10-18(15)21/h1-2,5,7,15-18H,3-4,6,8-12H2,(H,23,24). The summed E-state index contributed by atoms with van der Waals surface area (Å²) in [4.78, 5) is 26.9. The Morgan fingerprint density at radius 2 is 1.88 bits per heavy atom. The Hall–Kier alpha value is -1.84. The average molecular weight is 327 g/mol. The number of likely N-dealkylation sites (tertiary alicyclic amines) is 1. The number of aryl methyl sites for hydroxylation is 1. The molecule has 1 aromatic rings. The van der Waals surface area contributed by atoms with Crippen molar-refractivity contribution in [1.82, 2.24) is 4.90 Å². The lowest BCUT2D eigenvalue weighted by atomic mass is 9.78. The van der Waals surface area contributed by atoms with Crippen LogP contribution in [0.3, 0.4) is 0 Å². The van der Waals surface area contributed by atoms with Crippen molar-refractivity contribution in [2.45, 2.75) is 56.9 Å². The van der Waals surface area contributed by atoms with Crippen LogP contribution in [0.1, 0.15) is 55.6 Å². The van der Waals surface area contributed by atoms with Crippen LogP contribution in [0, 0.1) is 11.8 Å². The molecule has 2 fully saturated rings. The van der Waals surface area contributed by atoms with Crippen LogP contribution in [0.25, 0.3) is 0 Å². The number of fused-ring (bicyclic) bond motifs is 2. The summed E-state index contributed by atoms with van der Waals surface area (Å²) in [5.41, 5.74) is 2.51. The first kappa shape index (κ1) is 15.7. The van der Waals surface area contributed by atoms with E-state index in [1.807, 2.05) is 11.0 Å². The molecule has 1 N–H and O–H groups in total. The van der Waals surface area contributed by atoms with Crippen LogP contribution < -0.4 is 0 Å². The molecule has 1 heterocycles. The SMILES string of the molecule is O=C(O)C1CCN(C(=O)C2CCCc3ccccc32)C2CCCC12. The number of aliphatic carboxylic acids is 1. The molecule has 128 valence electrons. The number of nitrogens with zero attached hydrogens (tertiary/aromatic N) is 1.